The Hall–Kier alpha value is -1.93. The van der Waals surface area contributed by atoms with Gasteiger partial charge in [-0.3, -0.25) is 4.79 Å². The van der Waals surface area contributed by atoms with Crippen LogP contribution in [0.2, 0.25) is 0 Å². The lowest BCUT2D eigenvalue weighted by Crippen LogP contribution is -2.34. The average molecular weight is 300 g/mol. The molecule has 3 N–H and O–H groups in total. The predicted molar refractivity (Wildman–Crippen MR) is 72.0 cm³/mol. The van der Waals surface area contributed by atoms with Gasteiger partial charge in [-0.25, -0.2) is 17.9 Å². The number of amides is 1. The Morgan fingerprint density at radius 2 is 1.90 bits per heavy atom. The summed E-state index contributed by atoms with van der Waals surface area (Å²) in [6.07, 6.45) is 0. The zero-order valence-electron chi connectivity index (χ0n) is 11.1. The molecule has 0 aliphatic heterocycles. The number of carboxylic acids is 1. The smallest absolute Gasteiger partial charge is 0.335 e. The fourth-order valence-corrected chi connectivity index (χ4v) is 2.82. The van der Waals surface area contributed by atoms with Crippen molar-refractivity contribution in [1.29, 1.82) is 0 Å². The number of carboxylic acid groups (broad SMARTS) is 1. The molecule has 0 aromatic heterocycles. The molecule has 0 aliphatic rings. The van der Waals surface area contributed by atoms with Crippen molar-refractivity contribution < 1.29 is 23.1 Å². The van der Waals surface area contributed by atoms with Gasteiger partial charge in [0.2, 0.25) is 15.9 Å². The number of aromatic carboxylic acids is 1. The molecule has 1 rings (SSSR count). The topological polar surface area (TPSA) is 113 Å². The predicted octanol–water partition coefficient (Wildman–Crippen LogP) is 0.108. The molecule has 0 heterocycles. The molecule has 1 aromatic carbocycles. The molecule has 0 bridgehead atoms. The van der Waals surface area contributed by atoms with E-state index in [1.807, 2.05) is 0 Å². The van der Waals surface area contributed by atoms with Crippen molar-refractivity contribution in [2.45, 2.75) is 18.7 Å². The Kier molecular flexibility index (Phi) is 5.23. The van der Waals surface area contributed by atoms with Gasteiger partial charge in [-0.2, -0.15) is 0 Å². The van der Waals surface area contributed by atoms with Gasteiger partial charge in [-0.15, -0.1) is 0 Å². The number of hydrogen-bond donors (Lipinski definition) is 3. The van der Waals surface area contributed by atoms with Crippen LogP contribution in [0.4, 0.5) is 0 Å². The van der Waals surface area contributed by atoms with Gasteiger partial charge in [0.1, 0.15) is 0 Å². The fourth-order valence-electron chi connectivity index (χ4n) is 1.52. The average Bonchev–Trinajstić information content (AvgIpc) is 2.34. The summed E-state index contributed by atoms with van der Waals surface area (Å²) < 4.78 is 26.4. The van der Waals surface area contributed by atoms with Crippen LogP contribution in [0.15, 0.2) is 23.1 Å². The largest absolute Gasteiger partial charge is 0.478 e. The maximum atomic E-state index is 12.1. The van der Waals surface area contributed by atoms with Crippen molar-refractivity contribution in [2.24, 2.45) is 0 Å². The third-order valence-corrected chi connectivity index (χ3v) is 4.12. The van der Waals surface area contributed by atoms with Gasteiger partial charge in [0, 0.05) is 20.0 Å². The second-order valence-corrected chi connectivity index (χ2v) is 5.90. The second kappa shape index (κ2) is 6.49. The van der Waals surface area contributed by atoms with E-state index < -0.39 is 16.0 Å². The van der Waals surface area contributed by atoms with Crippen LogP contribution >= 0.6 is 0 Å². The first-order valence-corrected chi connectivity index (χ1v) is 7.30. The summed E-state index contributed by atoms with van der Waals surface area (Å²) in [5.74, 6) is -1.45. The number of aryl methyl sites for hydroxylation is 1. The number of benzene rings is 1. The Morgan fingerprint density at radius 3 is 2.45 bits per heavy atom. The fraction of sp³-hybridized carbons (Fsp3) is 0.333. The monoisotopic (exact) mass is 300 g/mol. The molecule has 8 heteroatoms. The van der Waals surface area contributed by atoms with E-state index in [2.05, 4.69) is 10.0 Å². The Bertz CT molecular complexity index is 625. The molecule has 0 radical (unpaired) electrons. The van der Waals surface area contributed by atoms with E-state index in [0.717, 1.165) is 6.07 Å². The minimum atomic E-state index is -3.81. The summed E-state index contributed by atoms with van der Waals surface area (Å²) in [5, 5.41) is 11.3. The van der Waals surface area contributed by atoms with Crippen LogP contribution in [0.3, 0.4) is 0 Å². The first-order chi connectivity index (χ1) is 9.24. The molecule has 0 spiro atoms. The molecule has 0 unspecified atom stereocenters. The summed E-state index contributed by atoms with van der Waals surface area (Å²) in [5.41, 5.74) is 0.347. The SMILES string of the molecule is CC(=O)NCCNS(=O)(=O)c1cc(C(=O)O)ccc1C. The van der Waals surface area contributed by atoms with Gasteiger partial charge in [-0.1, -0.05) is 6.07 Å². The van der Waals surface area contributed by atoms with Crippen LogP contribution in [0.25, 0.3) is 0 Å². The molecule has 0 atom stereocenters. The minimum Gasteiger partial charge on any atom is -0.478 e. The van der Waals surface area contributed by atoms with Gasteiger partial charge >= 0.3 is 5.97 Å². The van der Waals surface area contributed by atoms with Gasteiger partial charge in [0.05, 0.1) is 10.5 Å². The third kappa shape index (κ3) is 4.32. The highest BCUT2D eigenvalue weighted by atomic mass is 32.2. The van der Waals surface area contributed by atoms with Crippen molar-refractivity contribution >= 4 is 21.9 Å². The lowest BCUT2D eigenvalue weighted by Gasteiger charge is -2.10. The minimum absolute atomic E-state index is 0.0264. The zero-order chi connectivity index (χ0) is 15.3. The van der Waals surface area contributed by atoms with Crippen LogP contribution in [-0.4, -0.2) is 38.5 Å². The van der Waals surface area contributed by atoms with E-state index in [-0.39, 0.29) is 29.5 Å². The maximum absolute atomic E-state index is 12.1. The lowest BCUT2D eigenvalue weighted by molar-refractivity contribution is -0.118. The Balaban J connectivity index is 2.89. The normalized spacial score (nSPS) is 11.1. The van der Waals surface area contributed by atoms with Crippen LogP contribution in [0, 0.1) is 6.92 Å². The molecular weight excluding hydrogens is 284 g/mol. The maximum Gasteiger partial charge on any atom is 0.335 e. The first kappa shape index (κ1) is 16.1. The van der Waals surface area contributed by atoms with Crippen LogP contribution in [0.5, 0.6) is 0 Å². The number of carbonyl (C=O) groups is 2. The highest BCUT2D eigenvalue weighted by Crippen LogP contribution is 2.16. The van der Waals surface area contributed by atoms with Crippen LogP contribution in [0.1, 0.15) is 22.8 Å². The van der Waals surface area contributed by atoms with E-state index in [1.165, 1.54) is 19.1 Å². The van der Waals surface area contributed by atoms with Crippen LogP contribution < -0.4 is 10.0 Å². The molecule has 110 valence electrons. The summed E-state index contributed by atoms with van der Waals surface area (Å²) in [6, 6.07) is 3.89. The van der Waals surface area contributed by atoms with Crippen molar-refractivity contribution in [3.05, 3.63) is 29.3 Å². The molecule has 0 saturated heterocycles. The molecule has 0 aliphatic carbocycles. The molecule has 7 nitrogen and oxygen atoms in total. The molecule has 20 heavy (non-hydrogen) atoms. The number of hydrogen-bond acceptors (Lipinski definition) is 4. The number of rotatable bonds is 6. The highest BCUT2D eigenvalue weighted by Gasteiger charge is 2.18. The van der Waals surface area contributed by atoms with E-state index in [1.54, 1.807) is 6.92 Å². The van der Waals surface area contributed by atoms with Crippen molar-refractivity contribution in [3.8, 4) is 0 Å². The summed E-state index contributed by atoms with van der Waals surface area (Å²) in [7, 11) is -3.81. The standard InChI is InChI=1S/C12H16N2O5S/c1-8-3-4-10(12(16)17)7-11(8)20(18,19)14-6-5-13-9(2)15/h3-4,7,14H,5-6H2,1-2H3,(H,13,15)(H,16,17). The zero-order valence-corrected chi connectivity index (χ0v) is 12.0. The Labute approximate surface area is 117 Å². The first-order valence-electron chi connectivity index (χ1n) is 5.82. The molecule has 1 amide bonds. The summed E-state index contributed by atoms with van der Waals surface area (Å²) in [4.78, 5) is 21.4. The van der Waals surface area contributed by atoms with Gasteiger partial charge in [-0.05, 0) is 24.6 Å². The van der Waals surface area contributed by atoms with Crippen molar-refractivity contribution in [1.82, 2.24) is 10.0 Å². The number of carbonyl (C=O) groups excluding carboxylic acids is 1. The quantitative estimate of drug-likeness (QED) is 0.645. The molecule has 0 fully saturated rings. The van der Waals surface area contributed by atoms with Gasteiger partial charge in [0.15, 0.2) is 0 Å². The van der Waals surface area contributed by atoms with Crippen molar-refractivity contribution in [2.75, 3.05) is 13.1 Å². The number of sulfonamides is 1. The Morgan fingerprint density at radius 1 is 1.25 bits per heavy atom. The third-order valence-electron chi connectivity index (χ3n) is 2.52. The summed E-state index contributed by atoms with van der Waals surface area (Å²) >= 11 is 0. The number of nitrogens with one attached hydrogen (secondary N) is 2. The molecule has 1 aromatic rings. The van der Waals surface area contributed by atoms with Gasteiger partial charge < -0.3 is 10.4 Å². The van der Waals surface area contributed by atoms with E-state index in [4.69, 9.17) is 5.11 Å². The van der Waals surface area contributed by atoms with E-state index in [0.29, 0.717) is 5.56 Å². The van der Waals surface area contributed by atoms with Crippen molar-refractivity contribution in [3.63, 3.8) is 0 Å². The van der Waals surface area contributed by atoms with E-state index >= 15 is 0 Å². The summed E-state index contributed by atoms with van der Waals surface area (Å²) in [6.45, 7) is 3.09. The molecular formula is C12H16N2O5S. The van der Waals surface area contributed by atoms with Gasteiger partial charge in [0.25, 0.3) is 0 Å². The van der Waals surface area contributed by atoms with E-state index in [9.17, 15) is 18.0 Å². The lowest BCUT2D eigenvalue weighted by atomic mass is 10.1. The molecule has 0 saturated carbocycles. The highest BCUT2D eigenvalue weighted by molar-refractivity contribution is 7.89. The van der Waals surface area contributed by atoms with Crippen LogP contribution in [-0.2, 0) is 14.8 Å². The second-order valence-electron chi connectivity index (χ2n) is 4.17.